The second-order valence-electron chi connectivity index (χ2n) is 7.97. The van der Waals surface area contributed by atoms with Crippen molar-refractivity contribution in [1.82, 2.24) is 9.97 Å². The van der Waals surface area contributed by atoms with E-state index in [1.54, 1.807) is 48.5 Å². The van der Waals surface area contributed by atoms with Crippen molar-refractivity contribution in [2.75, 3.05) is 16.6 Å². The summed E-state index contributed by atoms with van der Waals surface area (Å²) in [6.45, 7) is 2.10. The zero-order valence-corrected chi connectivity index (χ0v) is 19.6. The van der Waals surface area contributed by atoms with Gasteiger partial charge in [0.25, 0.3) is 15.6 Å². The number of para-hydroxylation sites is 1. The van der Waals surface area contributed by atoms with Crippen LogP contribution in [-0.4, -0.2) is 24.9 Å². The number of nitrogens with one attached hydrogen (secondary N) is 1. The first-order valence-corrected chi connectivity index (χ1v) is 12.4. The number of nitrogen functional groups attached to an aromatic ring is 1. The second kappa shape index (κ2) is 9.93. The molecule has 0 radical (unpaired) electrons. The van der Waals surface area contributed by atoms with Crippen molar-refractivity contribution in [3.05, 3.63) is 106 Å². The quantitative estimate of drug-likeness (QED) is 0.399. The van der Waals surface area contributed by atoms with Crippen LogP contribution in [0, 0.1) is 6.92 Å². The molecule has 0 fully saturated rings. The number of aromatic nitrogens is 2. The van der Waals surface area contributed by atoms with E-state index < -0.39 is 10.0 Å². The maximum Gasteiger partial charge on any atom is 0.264 e. The number of aryl methyl sites for hydroxylation is 1. The Bertz CT molecular complexity index is 1420. The lowest BCUT2D eigenvalue weighted by Gasteiger charge is -2.25. The zero-order chi connectivity index (χ0) is 24.1. The van der Waals surface area contributed by atoms with Crippen LogP contribution in [0.15, 0.2) is 94.6 Å². The fourth-order valence-corrected chi connectivity index (χ4v) is 5.30. The van der Waals surface area contributed by atoms with E-state index in [0.29, 0.717) is 29.8 Å². The molecule has 0 saturated heterocycles. The van der Waals surface area contributed by atoms with Crippen molar-refractivity contribution in [2.45, 2.75) is 24.7 Å². The smallest absolute Gasteiger partial charge is 0.264 e. The maximum atomic E-state index is 13.5. The van der Waals surface area contributed by atoms with Gasteiger partial charge in [-0.05, 0) is 44.0 Å². The summed E-state index contributed by atoms with van der Waals surface area (Å²) in [5.74, 6) is 0.0421. The van der Waals surface area contributed by atoms with Gasteiger partial charge in [0.15, 0.2) is 0 Å². The first-order chi connectivity index (χ1) is 16.4. The topological polar surface area (TPSA) is 109 Å². The molecule has 0 atom stereocenters. The molecule has 4 rings (SSSR count). The lowest BCUT2D eigenvalue weighted by molar-refractivity contribution is 0.589. The molecule has 0 aliphatic heterocycles. The van der Waals surface area contributed by atoms with Gasteiger partial charge < -0.3 is 5.73 Å². The van der Waals surface area contributed by atoms with Crippen LogP contribution >= 0.6 is 0 Å². The third-order valence-corrected chi connectivity index (χ3v) is 7.36. The molecule has 1 heterocycles. The van der Waals surface area contributed by atoms with Gasteiger partial charge in [0.05, 0.1) is 16.3 Å². The molecule has 3 N–H and O–H groups in total. The summed E-state index contributed by atoms with van der Waals surface area (Å²) in [7, 11) is -3.79. The minimum Gasteiger partial charge on any atom is -0.369 e. The highest BCUT2D eigenvalue weighted by Crippen LogP contribution is 2.25. The summed E-state index contributed by atoms with van der Waals surface area (Å²) in [6.07, 6.45) is 0.744. The Balaban J connectivity index is 1.64. The lowest BCUT2D eigenvalue weighted by atomic mass is 10.0. The maximum absolute atomic E-state index is 13.5. The summed E-state index contributed by atoms with van der Waals surface area (Å²) in [5, 5.41) is 0. The molecule has 7 nitrogen and oxygen atoms in total. The molecule has 0 saturated carbocycles. The van der Waals surface area contributed by atoms with Crippen LogP contribution in [0.1, 0.15) is 17.5 Å². The number of hydrogen-bond donors (Lipinski definition) is 2. The van der Waals surface area contributed by atoms with Crippen molar-refractivity contribution in [3.8, 4) is 11.3 Å². The molecule has 0 aliphatic rings. The first-order valence-electron chi connectivity index (χ1n) is 10.9. The molecular weight excluding hydrogens is 448 g/mol. The number of aromatic amines is 1. The van der Waals surface area contributed by atoms with E-state index in [4.69, 9.17) is 5.73 Å². The summed E-state index contributed by atoms with van der Waals surface area (Å²) in [6, 6.07) is 25.1. The standard InChI is InChI=1S/C26H26N4O3S/c1-19-14-16-22(17-15-19)34(32,33)30(21-11-6-3-7-12-21)18-8-13-23-24(20-9-4-2-5-10-20)28-26(27)29-25(23)31/h2-7,9-12,14-17H,8,13,18H2,1H3,(H3,27,28,29,31). The van der Waals surface area contributed by atoms with Gasteiger partial charge in [-0.15, -0.1) is 0 Å². The van der Waals surface area contributed by atoms with E-state index in [9.17, 15) is 13.2 Å². The van der Waals surface area contributed by atoms with Gasteiger partial charge in [-0.3, -0.25) is 14.1 Å². The van der Waals surface area contributed by atoms with Crippen molar-refractivity contribution in [3.63, 3.8) is 0 Å². The monoisotopic (exact) mass is 474 g/mol. The summed E-state index contributed by atoms with van der Waals surface area (Å²) < 4.78 is 28.4. The van der Waals surface area contributed by atoms with Crippen LogP contribution in [0.3, 0.4) is 0 Å². The van der Waals surface area contributed by atoms with Crippen LogP contribution in [0.2, 0.25) is 0 Å². The Morgan fingerprint density at radius 2 is 1.53 bits per heavy atom. The van der Waals surface area contributed by atoms with Gasteiger partial charge in [0.1, 0.15) is 0 Å². The van der Waals surface area contributed by atoms with Gasteiger partial charge >= 0.3 is 0 Å². The molecule has 0 spiro atoms. The molecule has 0 bridgehead atoms. The number of anilines is 2. The van der Waals surface area contributed by atoms with E-state index in [1.807, 2.05) is 43.3 Å². The third-order valence-electron chi connectivity index (χ3n) is 5.52. The van der Waals surface area contributed by atoms with Gasteiger partial charge in [-0.2, -0.15) is 0 Å². The fraction of sp³-hybridized carbons (Fsp3) is 0.154. The SMILES string of the molecule is Cc1ccc(S(=O)(=O)N(CCCc2c(-c3ccccc3)nc(N)[nH]c2=O)c2ccccc2)cc1. The summed E-state index contributed by atoms with van der Waals surface area (Å²) in [4.78, 5) is 19.9. The number of hydrogen-bond acceptors (Lipinski definition) is 5. The predicted octanol–water partition coefficient (Wildman–Crippen LogP) is 4.16. The molecule has 1 aromatic heterocycles. The van der Waals surface area contributed by atoms with Crippen molar-refractivity contribution in [2.24, 2.45) is 0 Å². The molecular formula is C26H26N4O3S. The van der Waals surface area contributed by atoms with Gasteiger partial charge in [-0.1, -0.05) is 66.2 Å². The highest BCUT2D eigenvalue weighted by atomic mass is 32.2. The number of rotatable bonds is 8. The van der Waals surface area contributed by atoms with Crippen molar-refractivity contribution < 1.29 is 8.42 Å². The fourth-order valence-electron chi connectivity index (χ4n) is 3.80. The largest absolute Gasteiger partial charge is 0.369 e. The predicted molar refractivity (Wildman–Crippen MR) is 135 cm³/mol. The molecule has 3 aromatic carbocycles. The average molecular weight is 475 g/mol. The molecule has 4 aromatic rings. The van der Waals surface area contributed by atoms with Gasteiger partial charge in [0, 0.05) is 17.7 Å². The number of nitrogens with two attached hydrogens (primary N) is 1. The van der Waals surface area contributed by atoms with Gasteiger partial charge in [-0.25, -0.2) is 13.4 Å². The van der Waals surface area contributed by atoms with Crippen LogP contribution in [-0.2, 0) is 16.4 Å². The Morgan fingerprint density at radius 1 is 0.912 bits per heavy atom. The molecule has 0 amide bonds. The normalized spacial score (nSPS) is 11.3. The van der Waals surface area contributed by atoms with Crippen molar-refractivity contribution in [1.29, 1.82) is 0 Å². The van der Waals surface area contributed by atoms with E-state index in [0.717, 1.165) is 11.1 Å². The Labute approximate surface area is 199 Å². The minimum atomic E-state index is -3.79. The average Bonchev–Trinajstić information content (AvgIpc) is 2.84. The van der Waals surface area contributed by atoms with E-state index >= 15 is 0 Å². The van der Waals surface area contributed by atoms with Crippen LogP contribution in [0.5, 0.6) is 0 Å². The van der Waals surface area contributed by atoms with Crippen LogP contribution in [0.25, 0.3) is 11.3 Å². The highest BCUT2D eigenvalue weighted by molar-refractivity contribution is 7.92. The molecule has 34 heavy (non-hydrogen) atoms. The first kappa shape index (κ1) is 23.3. The third kappa shape index (κ3) is 5.02. The minimum absolute atomic E-state index is 0.0421. The molecule has 0 unspecified atom stereocenters. The summed E-state index contributed by atoms with van der Waals surface area (Å²) >= 11 is 0. The molecule has 174 valence electrons. The van der Waals surface area contributed by atoms with Crippen molar-refractivity contribution >= 4 is 21.7 Å². The van der Waals surface area contributed by atoms with E-state index in [-0.39, 0.29) is 22.9 Å². The molecule has 0 aliphatic carbocycles. The Kier molecular flexibility index (Phi) is 6.79. The van der Waals surface area contributed by atoms with E-state index in [1.165, 1.54) is 4.31 Å². The number of benzene rings is 3. The van der Waals surface area contributed by atoms with Gasteiger partial charge in [0.2, 0.25) is 5.95 Å². The second-order valence-corrected chi connectivity index (χ2v) is 9.84. The zero-order valence-electron chi connectivity index (χ0n) is 18.8. The highest BCUT2D eigenvalue weighted by Gasteiger charge is 2.25. The Morgan fingerprint density at radius 3 is 2.18 bits per heavy atom. The Hall–Kier alpha value is -3.91. The van der Waals surface area contributed by atoms with Crippen LogP contribution < -0.4 is 15.6 Å². The molecule has 8 heteroatoms. The number of sulfonamides is 1. The lowest BCUT2D eigenvalue weighted by Crippen LogP contribution is -2.32. The van der Waals surface area contributed by atoms with Crippen LogP contribution in [0.4, 0.5) is 11.6 Å². The van der Waals surface area contributed by atoms with E-state index in [2.05, 4.69) is 9.97 Å². The summed E-state index contributed by atoms with van der Waals surface area (Å²) in [5.41, 5.74) is 8.78. The number of nitrogens with zero attached hydrogens (tertiary/aromatic N) is 2. The number of H-pyrrole nitrogens is 1.